The summed E-state index contributed by atoms with van der Waals surface area (Å²) >= 11 is 5.97. The Hall–Kier alpha value is -3.31. The van der Waals surface area contributed by atoms with Crippen molar-refractivity contribution >= 4 is 29.5 Å². The molecule has 0 spiro atoms. The lowest BCUT2D eigenvalue weighted by Crippen LogP contribution is -1.97. The van der Waals surface area contributed by atoms with Crippen LogP contribution in [-0.4, -0.2) is 17.3 Å². The van der Waals surface area contributed by atoms with Crippen molar-refractivity contribution < 1.29 is 14.6 Å². The number of hydrazone groups is 1. The highest BCUT2D eigenvalue weighted by atomic mass is 35.5. The lowest BCUT2D eigenvalue weighted by atomic mass is 10.2. The summed E-state index contributed by atoms with van der Waals surface area (Å²) in [6, 6.07) is 21.4. The fraction of sp³-hybridized carbons (Fsp3) is 0.0476. The number of halogens is 1. The van der Waals surface area contributed by atoms with Crippen molar-refractivity contribution in [3.8, 4) is 5.75 Å². The van der Waals surface area contributed by atoms with E-state index in [2.05, 4.69) is 10.5 Å². The molecule has 0 saturated heterocycles. The molecule has 0 amide bonds. The van der Waals surface area contributed by atoms with Gasteiger partial charge in [-0.15, -0.1) is 0 Å². The Bertz CT molecular complexity index is 956. The van der Waals surface area contributed by atoms with Crippen molar-refractivity contribution in [2.45, 2.75) is 6.61 Å². The molecule has 0 radical (unpaired) electrons. The van der Waals surface area contributed by atoms with E-state index >= 15 is 0 Å². The Labute approximate surface area is 161 Å². The number of carboxylic acid groups (broad SMARTS) is 1. The molecular weight excluding hydrogens is 364 g/mol. The second-order valence-corrected chi connectivity index (χ2v) is 6.18. The number of anilines is 1. The first-order valence-corrected chi connectivity index (χ1v) is 8.58. The summed E-state index contributed by atoms with van der Waals surface area (Å²) < 4.78 is 5.79. The molecule has 0 heterocycles. The Morgan fingerprint density at radius 1 is 1.07 bits per heavy atom. The van der Waals surface area contributed by atoms with Crippen molar-refractivity contribution in [1.29, 1.82) is 0 Å². The van der Waals surface area contributed by atoms with Crippen LogP contribution >= 0.6 is 11.6 Å². The molecule has 6 heteroatoms. The molecule has 0 aliphatic carbocycles. The van der Waals surface area contributed by atoms with Crippen LogP contribution in [0.25, 0.3) is 0 Å². The van der Waals surface area contributed by atoms with Gasteiger partial charge in [-0.2, -0.15) is 5.10 Å². The number of carboxylic acids is 1. The van der Waals surface area contributed by atoms with Gasteiger partial charge in [0.05, 0.1) is 17.5 Å². The standard InChI is InChI=1S/C21H17ClN2O3/c22-18-5-1-4-16(11-18)14-27-20-6-2-3-15(12-20)13-23-24-19-9-7-17(8-10-19)21(25)26/h1-13,24H,14H2,(H,25,26)/b23-13+. The van der Waals surface area contributed by atoms with Crippen LogP contribution in [-0.2, 0) is 6.61 Å². The molecule has 0 aliphatic rings. The van der Waals surface area contributed by atoms with Gasteiger partial charge in [-0.1, -0.05) is 35.9 Å². The minimum atomic E-state index is -0.959. The van der Waals surface area contributed by atoms with Gasteiger partial charge < -0.3 is 9.84 Å². The monoisotopic (exact) mass is 380 g/mol. The molecule has 3 rings (SSSR count). The number of hydrogen-bond acceptors (Lipinski definition) is 4. The highest BCUT2D eigenvalue weighted by molar-refractivity contribution is 6.30. The van der Waals surface area contributed by atoms with Gasteiger partial charge in [0.2, 0.25) is 0 Å². The maximum absolute atomic E-state index is 10.8. The molecule has 0 saturated carbocycles. The summed E-state index contributed by atoms with van der Waals surface area (Å²) in [5.41, 5.74) is 5.66. The zero-order valence-electron chi connectivity index (χ0n) is 14.3. The third kappa shape index (κ3) is 5.59. The average Bonchev–Trinajstić information content (AvgIpc) is 2.67. The van der Waals surface area contributed by atoms with Crippen molar-refractivity contribution in [3.63, 3.8) is 0 Å². The van der Waals surface area contributed by atoms with Crippen molar-refractivity contribution in [2.24, 2.45) is 5.10 Å². The Balaban J connectivity index is 1.58. The lowest BCUT2D eigenvalue weighted by molar-refractivity contribution is 0.0697. The van der Waals surface area contributed by atoms with Crippen LogP contribution in [0.3, 0.4) is 0 Å². The highest BCUT2D eigenvalue weighted by Crippen LogP contribution is 2.16. The molecule has 2 N–H and O–H groups in total. The van der Waals surface area contributed by atoms with Crippen molar-refractivity contribution in [2.75, 3.05) is 5.43 Å². The van der Waals surface area contributed by atoms with Gasteiger partial charge in [-0.3, -0.25) is 5.43 Å². The van der Waals surface area contributed by atoms with Gasteiger partial charge >= 0.3 is 5.97 Å². The first kappa shape index (κ1) is 18.5. The Morgan fingerprint density at radius 2 is 1.85 bits per heavy atom. The van der Waals surface area contributed by atoms with Crippen LogP contribution in [0.1, 0.15) is 21.5 Å². The summed E-state index contributed by atoms with van der Waals surface area (Å²) in [4.78, 5) is 10.8. The Morgan fingerprint density at radius 3 is 2.59 bits per heavy atom. The molecule has 0 aliphatic heterocycles. The van der Waals surface area contributed by atoms with E-state index in [1.54, 1.807) is 18.3 Å². The number of hydrogen-bond donors (Lipinski definition) is 2. The highest BCUT2D eigenvalue weighted by Gasteiger charge is 2.01. The van der Waals surface area contributed by atoms with E-state index in [0.29, 0.717) is 17.3 Å². The second-order valence-electron chi connectivity index (χ2n) is 5.74. The zero-order chi connectivity index (χ0) is 19.1. The Kier molecular flexibility index (Phi) is 6.07. The first-order chi connectivity index (χ1) is 13.1. The molecule has 136 valence electrons. The van der Waals surface area contributed by atoms with Gasteiger partial charge in [-0.05, 0) is 59.7 Å². The number of carbonyl (C=O) groups is 1. The van der Waals surface area contributed by atoms with E-state index in [9.17, 15) is 4.79 Å². The fourth-order valence-corrected chi connectivity index (χ4v) is 2.56. The molecule has 0 aromatic heterocycles. The summed E-state index contributed by atoms with van der Waals surface area (Å²) in [5.74, 6) is -0.232. The lowest BCUT2D eigenvalue weighted by Gasteiger charge is -2.07. The van der Waals surface area contributed by atoms with Gasteiger partial charge in [0.1, 0.15) is 12.4 Å². The minimum absolute atomic E-state index is 0.231. The minimum Gasteiger partial charge on any atom is -0.489 e. The average molecular weight is 381 g/mol. The molecule has 0 atom stereocenters. The second kappa shape index (κ2) is 8.87. The van der Waals surface area contributed by atoms with Crippen LogP contribution < -0.4 is 10.2 Å². The van der Waals surface area contributed by atoms with E-state index in [1.807, 2.05) is 48.5 Å². The number of rotatable bonds is 7. The zero-order valence-corrected chi connectivity index (χ0v) is 15.1. The fourth-order valence-electron chi connectivity index (χ4n) is 2.35. The van der Waals surface area contributed by atoms with E-state index in [0.717, 1.165) is 16.9 Å². The quantitative estimate of drug-likeness (QED) is 0.443. The number of nitrogens with zero attached hydrogens (tertiary/aromatic N) is 1. The summed E-state index contributed by atoms with van der Waals surface area (Å²) in [5, 5.41) is 13.7. The normalized spacial score (nSPS) is 10.7. The molecule has 0 unspecified atom stereocenters. The van der Waals surface area contributed by atoms with E-state index in [-0.39, 0.29) is 5.56 Å². The number of benzene rings is 3. The molecule has 0 bridgehead atoms. The van der Waals surface area contributed by atoms with Crippen LogP contribution in [0.2, 0.25) is 5.02 Å². The predicted octanol–water partition coefficient (Wildman–Crippen LogP) is 5.06. The van der Waals surface area contributed by atoms with Crippen LogP contribution in [0.5, 0.6) is 5.75 Å². The largest absolute Gasteiger partial charge is 0.489 e. The van der Waals surface area contributed by atoms with Crippen LogP contribution in [0, 0.1) is 0 Å². The molecular formula is C21H17ClN2O3. The van der Waals surface area contributed by atoms with Gasteiger partial charge in [0.15, 0.2) is 0 Å². The molecule has 27 heavy (non-hydrogen) atoms. The maximum Gasteiger partial charge on any atom is 0.335 e. The number of aromatic carboxylic acids is 1. The third-order valence-corrected chi connectivity index (χ3v) is 3.93. The molecule has 0 fully saturated rings. The molecule has 5 nitrogen and oxygen atoms in total. The smallest absolute Gasteiger partial charge is 0.335 e. The maximum atomic E-state index is 10.8. The van der Waals surface area contributed by atoms with Crippen LogP contribution in [0.4, 0.5) is 5.69 Å². The number of nitrogens with one attached hydrogen (secondary N) is 1. The van der Waals surface area contributed by atoms with E-state index in [4.69, 9.17) is 21.4 Å². The number of ether oxygens (including phenoxy) is 1. The molecule has 3 aromatic carbocycles. The van der Waals surface area contributed by atoms with E-state index in [1.165, 1.54) is 12.1 Å². The summed E-state index contributed by atoms with van der Waals surface area (Å²) in [7, 11) is 0. The first-order valence-electron chi connectivity index (χ1n) is 8.20. The van der Waals surface area contributed by atoms with Gasteiger partial charge in [0, 0.05) is 5.02 Å². The van der Waals surface area contributed by atoms with E-state index < -0.39 is 5.97 Å². The third-order valence-electron chi connectivity index (χ3n) is 3.69. The topological polar surface area (TPSA) is 70.9 Å². The van der Waals surface area contributed by atoms with Gasteiger partial charge in [0.25, 0.3) is 0 Å². The predicted molar refractivity (Wildman–Crippen MR) is 107 cm³/mol. The van der Waals surface area contributed by atoms with Crippen LogP contribution in [0.15, 0.2) is 77.9 Å². The molecule has 3 aromatic rings. The van der Waals surface area contributed by atoms with Crippen molar-refractivity contribution in [1.82, 2.24) is 0 Å². The summed E-state index contributed by atoms with van der Waals surface area (Å²) in [6.07, 6.45) is 1.66. The SMILES string of the molecule is O=C(O)c1ccc(N/N=C/c2cccc(OCc3cccc(Cl)c3)c2)cc1. The van der Waals surface area contributed by atoms with Gasteiger partial charge in [-0.25, -0.2) is 4.79 Å². The summed E-state index contributed by atoms with van der Waals surface area (Å²) in [6.45, 7) is 0.426. The van der Waals surface area contributed by atoms with Crippen molar-refractivity contribution in [3.05, 3.63) is 94.5 Å².